The third-order valence-corrected chi connectivity index (χ3v) is 4.19. The van der Waals surface area contributed by atoms with Gasteiger partial charge >= 0.3 is 0 Å². The van der Waals surface area contributed by atoms with Crippen molar-refractivity contribution in [3.8, 4) is 11.1 Å². The van der Waals surface area contributed by atoms with E-state index >= 15 is 0 Å². The number of hydrogen-bond donors (Lipinski definition) is 1. The van der Waals surface area contributed by atoms with Crippen molar-refractivity contribution in [1.82, 2.24) is 10.2 Å². The van der Waals surface area contributed by atoms with E-state index in [-0.39, 0.29) is 17.0 Å². The first kappa shape index (κ1) is 13.9. The van der Waals surface area contributed by atoms with E-state index in [2.05, 4.69) is 10.2 Å². The molecule has 5 heteroatoms. The maximum Gasteiger partial charge on any atom is 0.272 e. The minimum atomic E-state index is -0.717. The molecular weight excluding hydrogens is 274 g/mol. The Balaban J connectivity index is 2.31. The molecule has 0 atom stereocenters. The first-order chi connectivity index (χ1) is 10.1. The molecular formula is C16H16F2N2O. The van der Waals surface area contributed by atoms with Gasteiger partial charge in [0.15, 0.2) is 0 Å². The average Bonchev–Trinajstić information content (AvgIpc) is 2.96. The van der Waals surface area contributed by atoms with Crippen molar-refractivity contribution in [2.75, 3.05) is 0 Å². The Morgan fingerprint density at radius 3 is 2.38 bits per heavy atom. The summed E-state index contributed by atoms with van der Waals surface area (Å²) in [4.78, 5) is 12.2. The Hall–Kier alpha value is -2.04. The smallest absolute Gasteiger partial charge is 0.267 e. The molecule has 1 aromatic carbocycles. The van der Waals surface area contributed by atoms with E-state index in [4.69, 9.17) is 0 Å². The maximum absolute atomic E-state index is 14.1. The summed E-state index contributed by atoms with van der Waals surface area (Å²) in [5, 5.41) is 6.33. The second-order valence-corrected chi connectivity index (χ2v) is 5.50. The zero-order valence-corrected chi connectivity index (χ0v) is 11.7. The van der Waals surface area contributed by atoms with E-state index < -0.39 is 17.2 Å². The molecule has 0 saturated heterocycles. The number of nitrogens with zero attached hydrogens (tertiary/aromatic N) is 1. The standard InChI is InChI=1S/C16H16F2N2O/c1-9-13(10-5-2-3-6-10)15(16(21)20-19-9)14-11(17)7-4-8-12(14)18/h4,7-8,10H,2-3,5-6H2,1H3,(H,20,21). The fourth-order valence-corrected chi connectivity index (χ4v) is 3.25. The van der Waals surface area contributed by atoms with Crippen LogP contribution in [0.25, 0.3) is 11.1 Å². The van der Waals surface area contributed by atoms with Gasteiger partial charge in [0.25, 0.3) is 5.56 Å². The number of halogens is 2. The molecule has 1 aromatic heterocycles. The van der Waals surface area contributed by atoms with Gasteiger partial charge in [0.05, 0.1) is 16.8 Å². The zero-order valence-electron chi connectivity index (χ0n) is 11.7. The van der Waals surface area contributed by atoms with Gasteiger partial charge in [-0.1, -0.05) is 18.9 Å². The van der Waals surface area contributed by atoms with Crippen LogP contribution in [-0.4, -0.2) is 10.2 Å². The number of nitrogens with one attached hydrogen (secondary N) is 1. The van der Waals surface area contributed by atoms with Crippen LogP contribution in [0.5, 0.6) is 0 Å². The molecule has 2 aromatic rings. The van der Waals surface area contributed by atoms with Crippen molar-refractivity contribution in [3.05, 3.63) is 51.4 Å². The van der Waals surface area contributed by atoms with Gasteiger partial charge in [0, 0.05) is 0 Å². The summed E-state index contributed by atoms with van der Waals surface area (Å²) in [6.07, 6.45) is 3.98. The number of aromatic amines is 1. The van der Waals surface area contributed by atoms with Gasteiger partial charge in [0.1, 0.15) is 11.6 Å². The van der Waals surface area contributed by atoms with Crippen molar-refractivity contribution < 1.29 is 8.78 Å². The van der Waals surface area contributed by atoms with E-state index in [0.29, 0.717) is 11.3 Å². The molecule has 3 rings (SSSR count). The number of aromatic nitrogens is 2. The Morgan fingerprint density at radius 1 is 1.14 bits per heavy atom. The van der Waals surface area contributed by atoms with Gasteiger partial charge in [0.2, 0.25) is 0 Å². The number of H-pyrrole nitrogens is 1. The molecule has 1 heterocycles. The molecule has 1 saturated carbocycles. The normalized spacial score (nSPS) is 15.6. The molecule has 1 aliphatic carbocycles. The lowest BCUT2D eigenvalue weighted by Gasteiger charge is -2.17. The van der Waals surface area contributed by atoms with Gasteiger partial charge in [-0.25, -0.2) is 13.9 Å². The maximum atomic E-state index is 14.1. The van der Waals surface area contributed by atoms with Crippen LogP contribution in [0.1, 0.15) is 42.9 Å². The van der Waals surface area contributed by atoms with Crippen molar-refractivity contribution in [3.63, 3.8) is 0 Å². The summed E-state index contributed by atoms with van der Waals surface area (Å²) in [5.41, 5.74) is 0.655. The summed E-state index contributed by atoms with van der Waals surface area (Å²) in [6.45, 7) is 1.77. The average molecular weight is 290 g/mol. The van der Waals surface area contributed by atoms with Crippen LogP contribution in [0.2, 0.25) is 0 Å². The van der Waals surface area contributed by atoms with Crippen LogP contribution in [0.3, 0.4) is 0 Å². The number of aryl methyl sites for hydroxylation is 1. The highest BCUT2D eigenvalue weighted by atomic mass is 19.1. The second kappa shape index (κ2) is 5.39. The van der Waals surface area contributed by atoms with E-state index in [0.717, 1.165) is 25.7 Å². The summed E-state index contributed by atoms with van der Waals surface area (Å²) in [5.74, 6) is -1.29. The Bertz CT molecular complexity index is 713. The predicted octanol–water partition coefficient (Wildman–Crippen LogP) is 3.68. The Kier molecular flexibility index (Phi) is 3.57. The van der Waals surface area contributed by atoms with Gasteiger partial charge in [-0.2, -0.15) is 5.10 Å². The highest BCUT2D eigenvalue weighted by Crippen LogP contribution is 2.40. The Labute approximate surface area is 121 Å². The highest BCUT2D eigenvalue weighted by molar-refractivity contribution is 5.69. The molecule has 0 aliphatic heterocycles. The Morgan fingerprint density at radius 2 is 1.76 bits per heavy atom. The second-order valence-electron chi connectivity index (χ2n) is 5.50. The van der Waals surface area contributed by atoms with E-state index in [9.17, 15) is 13.6 Å². The molecule has 1 fully saturated rings. The van der Waals surface area contributed by atoms with Gasteiger partial charge in [-0.3, -0.25) is 4.79 Å². The molecule has 1 aliphatic rings. The lowest BCUT2D eigenvalue weighted by molar-refractivity contribution is 0.587. The van der Waals surface area contributed by atoms with Gasteiger partial charge in [-0.15, -0.1) is 0 Å². The molecule has 0 spiro atoms. The van der Waals surface area contributed by atoms with Crippen LogP contribution >= 0.6 is 0 Å². The van der Waals surface area contributed by atoms with E-state index in [1.54, 1.807) is 6.92 Å². The predicted molar refractivity (Wildman–Crippen MR) is 76.2 cm³/mol. The lowest BCUT2D eigenvalue weighted by Crippen LogP contribution is -2.18. The molecule has 110 valence electrons. The first-order valence-corrected chi connectivity index (χ1v) is 7.13. The largest absolute Gasteiger partial charge is 0.272 e. The lowest BCUT2D eigenvalue weighted by atomic mass is 9.89. The monoisotopic (exact) mass is 290 g/mol. The summed E-state index contributed by atoms with van der Waals surface area (Å²) >= 11 is 0. The van der Waals surface area contributed by atoms with E-state index in [1.165, 1.54) is 18.2 Å². The van der Waals surface area contributed by atoms with Crippen LogP contribution in [0, 0.1) is 18.6 Å². The summed E-state index contributed by atoms with van der Waals surface area (Å²) < 4.78 is 28.2. The SMILES string of the molecule is Cc1n[nH]c(=O)c(-c2c(F)cccc2F)c1C1CCCC1. The molecule has 1 N–H and O–H groups in total. The number of rotatable bonds is 2. The third-order valence-electron chi connectivity index (χ3n) is 4.19. The number of benzene rings is 1. The number of hydrogen-bond acceptors (Lipinski definition) is 2. The van der Waals surface area contributed by atoms with Crippen LogP contribution in [0.4, 0.5) is 8.78 Å². The van der Waals surface area contributed by atoms with Crippen molar-refractivity contribution >= 4 is 0 Å². The van der Waals surface area contributed by atoms with Crippen molar-refractivity contribution in [2.45, 2.75) is 38.5 Å². The molecule has 21 heavy (non-hydrogen) atoms. The zero-order chi connectivity index (χ0) is 15.0. The quantitative estimate of drug-likeness (QED) is 0.917. The van der Waals surface area contributed by atoms with Crippen LogP contribution < -0.4 is 5.56 Å². The first-order valence-electron chi connectivity index (χ1n) is 7.13. The molecule has 0 amide bonds. The van der Waals surface area contributed by atoms with Crippen molar-refractivity contribution in [2.24, 2.45) is 0 Å². The fourth-order valence-electron chi connectivity index (χ4n) is 3.25. The molecule has 0 unspecified atom stereocenters. The minimum Gasteiger partial charge on any atom is -0.267 e. The topological polar surface area (TPSA) is 45.8 Å². The third kappa shape index (κ3) is 2.37. The minimum absolute atomic E-state index is 0.102. The van der Waals surface area contributed by atoms with Crippen LogP contribution in [-0.2, 0) is 0 Å². The molecule has 0 bridgehead atoms. The van der Waals surface area contributed by atoms with Crippen LogP contribution in [0.15, 0.2) is 23.0 Å². The van der Waals surface area contributed by atoms with Crippen molar-refractivity contribution in [1.29, 1.82) is 0 Å². The fraction of sp³-hybridized carbons (Fsp3) is 0.375. The molecule has 0 radical (unpaired) electrons. The van der Waals surface area contributed by atoms with E-state index in [1.807, 2.05) is 0 Å². The summed E-state index contributed by atoms with van der Waals surface area (Å²) in [6, 6.07) is 3.64. The van der Waals surface area contributed by atoms with Gasteiger partial charge in [-0.05, 0) is 43.4 Å². The molecule has 3 nitrogen and oxygen atoms in total. The highest BCUT2D eigenvalue weighted by Gasteiger charge is 2.27. The summed E-state index contributed by atoms with van der Waals surface area (Å²) in [7, 11) is 0. The van der Waals surface area contributed by atoms with Gasteiger partial charge < -0.3 is 0 Å².